The summed E-state index contributed by atoms with van der Waals surface area (Å²) in [6.45, 7) is 3.87. The zero-order chi connectivity index (χ0) is 19.7. The lowest BCUT2D eigenvalue weighted by atomic mass is 10.0. The maximum absolute atomic E-state index is 13.0. The second-order valence-electron chi connectivity index (χ2n) is 6.44. The van der Waals surface area contributed by atoms with Crippen LogP contribution in [0.4, 0.5) is 0 Å². The molecule has 1 heterocycles. The van der Waals surface area contributed by atoms with Crippen LogP contribution < -0.4 is 10.2 Å². The van der Waals surface area contributed by atoms with Gasteiger partial charge in [0.25, 0.3) is 0 Å². The molecule has 6 nitrogen and oxygen atoms in total. The summed E-state index contributed by atoms with van der Waals surface area (Å²) in [5.41, 5.74) is 1.50. The van der Waals surface area contributed by atoms with Crippen molar-refractivity contribution in [2.75, 3.05) is 7.11 Å². The van der Waals surface area contributed by atoms with Crippen LogP contribution in [0.2, 0.25) is 0 Å². The van der Waals surface area contributed by atoms with E-state index >= 15 is 0 Å². The Hall–Kier alpha value is -3.41. The zero-order valence-corrected chi connectivity index (χ0v) is 15.2. The van der Waals surface area contributed by atoms with Gasteiger partial charge >= 0.3 is 0 Å². The number of phenols is 3. The number of ether oxygens (including phenoxy) is 1. The summed E-state index contributed by atoms with van der Waals surface area (Å²) in [5, 5.41) is 30.3. The zero-order valence-electron chi connectivity index (χ0n) is 15.2. The highest BCUT2D eigenvalue weighted by Gasteiger charge is 2.20. The standard InChI is InChI=1S/C21H20O6/c1-11(2)4-6-14-17(26-3)9-18-19(20(14)24)21(25)15(10-27-18)13-7-5-12(22)8-16(13)23/h4-5,7-10,22-24H,6H2,1-3H3. The Balaban J connectivity index is 2.30. The highest BCUT2D eigenvalue weighted by molar-refractivity contribution is 5.90. The molecule has 140 valence electrons. The summed E-state index contributed by atoms with van der Waals surface area (Å²) in [4.78, 5) is 13.0. The van der Waals surface area contributed by atoms with Crippen molar-refractivity contribution < 1.29 is 24.5 Å². The highest BCUT2D eigenvalue weighted by Crippen LogP contribution is 2.37. The Morgan fingerprint density at radius 1 is 1.15 bits per heavy atom. The molecule has 0 amide bonds. The number of hydrogen-bond acceptors (Lipinski definition) is 6. The number of aromatic hydroxyl groups is 3. The largest absolute Gasteiger partial charge is 0.508 e. The summed E-state index contributed by atoms with van der Waals surface area (Å²) < 4.78 is 10.9. The number of phenolic OH excluding ortho intramolecular Hbond substituents is 3. The molecule has 0 aliphatic rings. The van der Waals surface area contributed by atoms with Crippen LogP contribution in [-0.2, 0) is 6.42 Å². The van der Waals surface area contributed by atoms with E-state index in [1.54, 1.807) is 6.07 Å². The molecule has 3 aromatic rings. The van der Waals surface area contributed by atoms with Gasteiger partial charge in [0, 0.05) is 23.3 Å². The third kappa shape index (κ3) is 3.33. The summed E-state index contributed by atoms with van der Waals surface area (Å²) in [7, 11) is 1.48. The molecule has 6 heteroatoms. The lowest BCUT2D eigenvalue weighted by molar-refractivity contribution is 0.401. The van der Waals surface area contributed by atoms with E-state index in [-0.39, 0.29) is 39.3 Å². The van der Waals surface area contributed by atoms with Gasteiger partial charge in [0.2, 0.25) is 5.43 Å². The van der Waals surface area contributed by atoms with E-state index in [4.69, 9.17) is 9.15 Å². The van der Waals surface area contributed by atoms with E-state index in [1.165, 1.54) is 25.5 Å². The van der Waals surface area contributed by atoms with Crippen LogP contribution in [0.25, 0.3) is 22.1 Å². The van der Waals surface area contributed by atoms with Crippen molar-refractivity contribution in [3.05, 3.63) is 58.0 Å². The lowest BCUT2D eigenvalue weighted by Gasteiger charge is -2.12. The third-order valence-electron chi connectivity index (χ3n) is 4.31. The normalized spacial score (nSPS) is 10.8. The Morgan fingerprint density at radius 2 is 1.89 bits per heavy atom. The molecule has 3 rings (SSSR count). The average molecular weight is 368 g/mol. The molecular weight excluding hydrogens is 348 g/mol. The third-order valence-corrected chi connectivity index (χ3v) is 4.31. The molecule has 0 bridgehead atoms. The number of benzene rings is 2. The maximum atomic E-state index is 13.0. The van der Waals surface area contributed by atoms with Crippen molar-refractivity contribution in [2.45, 2.75) is 20.3 Å². The van der Waals surface area contributed by atoms with Crippen LogP contribution in [-0.4, -0.2) is 22.4 Å². The number of rotatable bonds is 4. The Labute approximate surface area is 155 Å². The molecule has 0 aliphatic carbocycles. The van der Waals surface area contributed by atoms with E-state index in [2.05, 4.69) is 0 Å². The SMILES string of the molecule is COc1cc2occ(-c3ccc(O)cc3O)c(=O)c2c(O)c1CC=C(C)C. The van der Waals surface area contributed by atoms with Gasteiger partial charge in [-0.05, 0) is 32.4 Å². The first-order valence-electron chi connectivity index (χ1n) is 8.33. The van der Waals surface area contributed by atoms with Crippen molar-refractivity contribution in [3.8, 4) is 34.1 Å². The Kier molecular flexibility index (Phi) is 4.81. The summed E-state index contributed by atoms with van der Waals surface area (Å²) in [5.74, 6) is -0.186. The van der Waals surface area contributed by atoms with Crippen molar-refractivity contribution >= 4 is 11.0 Å². The fourth-order valence-electron chi connectivity index (χ4n) is 2.90. The molecule has 0 saturated carbocycles. The minimum absolute atomic E-state index is 0.0120. The predicted octanol–water partition coefficient (Wildman–Crippen LogP) is 4.09. The quantitative estimate of drug-likeness (QED) is 0.600. The van der Waals surface area contributed by atoms with E-state index < -0.39 is 5.43 Å². The van der Waals surface area contributed by atoms with E-state index in [0.29, 0.717) is 17.7 Å². The van der Waals surface area contributed by atoms with Gasteiger partial charge in [0.05, 0.1) is 12.7 Å². The molecule has 0 unspecified atom stereocenters. The molecule has 0 spiro atoms. The van der Waals surface area contributed by atoms with E-state index in [9.17, 15) is 20.1 Å². The van der Waals surface area contributed by atoms with Gasteiger partial charge in [-0.2, -0.15) is 0 Å². The van der Waals surface area contributed by atoms with Crippen molar-refractivity contribution in [3.63, 3.8) is 0 Å². The van der Waals surface area contributed by atoms with Gasteiger partial charge in [-0.3, -0.25) is 4.79 Å². The fourth-order valence-corrected chi connectivity index (χ4v) is 2.90. The number of fused-ring (bicyclic) bond motifs is 1. The first-order chi connectivity index (χ1) is 12.8. The smallest absolute Gasteiger partial charge is 0.204 e. The topological polar surface area (TPSA) is 100 Å². The average Bonchev–Trinajstić information content (AvgIpc) is 2.61. The van der Waals surface area contributed by atoms with Crippen molar-refractivity contribution in [1.82, 2.24) is 0 Å². The first kappa shape index (κ1) is 18.4. The first-order valence-corrected chi connectivity index (χ1v) is 8.33. The van der Waals surface area contributed by atoms with Crippen LogP contribution in [0.3, 0.4) is 0 Å². The maximum Gasteiger partial charge on any atom is 0.204 e. The highest BCUT2D eigenvalue weighted by atomic mass is 16.5. The molecule has 0 saturated heterocycles. The Morgan fingerprint density at radius 3 is 2.52 bits per heavy atom. The molecular formula is C21H20O6. The van der Waals surface area contributed by atoms with E-state index in [1.807, 2.05) is 19.9 Å². The minimum atomic E-state index is -0.490. The molecule has 1 aromatic heterocycles. The van der Waals surface area contributed by atoms with Crippen LogP contribution in [0.15, 0.2) is 51.4 Å². The predicted molar refractivity (Wildman–Crippen MR) is 103 cm³/mol. The van der Waals surface area contributed by atoms with Crippen LogP contribution >= 0.6 is 0 Å². The van der Waals surface area contributed by atoms with Gasteiger partial charge in [0.1, 0.15) is 40.2 Å². The van der Waals surface area contributed by atoms with Crippen LogP contribution in [0.1, 0.15) is 19.4 Å². The van der Waals surface area contributed by atoms with Crippen LogP contribution in [0, 0.1) is 0 Å². The van der Waals surface area contributed by atoms with Crippen molar-refractivity contribution in [1.29, 1.82) is 0 Å². The molecule has 0 aliphatic heterocycles. The summed E-state index contributed by atoms with van der Waals surface area (Å²) in [6.07, 6.45) is 3.52. The fraction of sp³-hybridized carbons (Fsp3) is 0.190. The molecule has 2 aromatic carbocycles. The molecule has 0 atom stereocenters. The van der Waals surface area contributed by atoms with Gasteiger partial charge in [-0.1, -0.05) is 11.6 Å². The van der Waals surface area contributed by atoms with Gasteiger partial charge in [0.15, 0.2) is 0 Å². The van der Waals surface area contributed by atoms with Crippen LogP contribution in [0.5, 0.6) is 23.0 Å². The summed E-state index contributed by atoms with van der Waals surface area (Å²) in [6, 6.07) is 5.46. The number of hydrogen-bond donors (Lipinski definition) is 3. The van der Waals surface area contributed by atoms with Gasteiger partial charge in [-0.15, -0.1) is 0 Å². The van der Waals surface area contributed by atoms with Crippen molar-refractivity contribution in [2.24, 2.45) is 0 Å². The minimum Gasteiger partial charge on any atom is -0.508 e. The molecule has 0 radical (unpaired) electrons. The molecule has 27 heavy (non-hydrogen) atoms. The second-order valence-corrected chi connectivity index (χ2v) is 6.44. The number of allylic oxidation sites excluding steroid dienone is 2. The van der Waals surface area contributed by atoms with E-state index in [0.717, 1.165) is 11.6 Å². The van der Waals surface area contributed by atoms with Gasteiger partial charge in [-0.25, -0.2) is 0 Å². The van der Waals surface area contributed by atoms with Gasteiger partial charge < -0.3 is 24.5 Å². The lowest BCUT2D eigenvalue weighted by Crippen LogP contribution is -2.07. The monoisotopic (exact) mass is 368 g/mol. The molecule has 0 fully saturated rings. The summed E-state index contributed by atoms with van der Waals surface area (Å²) >= 11 is 0. The molecule has 3 N–H and O–H groups in total. The second kappa shape index (κ2) is 7.07. The number of methoxy groups -OCH3 is 1. The Bertz CT molecular complexity index is 1100.